The Hall–Kier alpha value is -3.18. The number of esters is 1. The third-order valence-corrected chi connectivity index (χ3v) is 6.03. The van der Waals surface area contributed by atoms with E-state index >= 15 is 0 Å². The zero-order valence-corrected chi connectivity index (χ0v) is 20.1. The van der Waals surface area contributed by atoms with Crippen LogP contribution in [0.25, 0.3) is 0 Å². The average Bonchev–Trinajstić information content (AvgIpc) is 3.39. The molecule has 0 unspecified atom stereocenters. The summed E-state index contributed by atoms with van der Waals surface area (Å²) >= 11 is 2.52. The molecule has 3 rings (SSSR count). The van der Waals surface area contributed by atoms with Gasteiger partial charge in [0.1, 0.15) is 12.4 Å². The molecule has 174 valence electrons. The van der Waals surface area contributed by atoms with Crippen molar-refractivity contribution in [3.8, 4) is 5.75 Å². The van der Waals surface area contributed by atoms with Crippen molar-refractivity contribution in [3.63, 3.8) is 0 Å². The van der Waals surface area contributed by atoms with Gasteiger partial charge in [-0.15, -0.1) is 28.1 Å². The number of thioether (sulfide) groups is 1. The van der Waals surface area contributed by atoms with Gasteiger partial charge in [0.15, 0.2) is 16.1 Å². The fourth-order valence-electron chi connectivity index (χ4n) is 2.72. The highest BCUT2D eigenvalue weighted by Crippen LogP contribution is 2.21. The minimum atomic E-state index is -0.347. The normalized spacial score (nSPS) is 10.6. The molecular weight excluding hydrogens is 462 g/mol. The van der Waals surface area contributed by atoms with E-state index in [1.54, 1.807) is 18.4 Å². The molecule has 0 fully saturated rings. The predicted octanol–water partition coefficient (Wildman–Crippen LogP) is 3.64. The molecule has 1 aromatic carbocycles. The second-order valence-electron chi connectivity index (χ2n) is 6.86. The lowest BCUT2D eigenvalue weighted by Crippen LogP contribution is -2.15. The average molecular weight is 488 g/mol. The molecule has 0 bridgehead atoms. The molecule has 0 aliphatic carbocycles. The number of hydrogen-bond acceptors (Lipinski definition) is 9. The highest BCUT2D eigenvalue weighted by atomic mass is 32.2. The Bertz CT molecular complexity index is 1090. The van der Waals surface area contributed by atoms with Crippen LogP contribution in [0.1, 0.15) is 24.0 Å². The van der Waals surface area contributed by atoms with Crippen LogP contribution < -0.4 is 10.1 Å². The summed E-state index contributed by atoms with van der Waals surface area (Å²) in [5.41, 5.74) is 1.72. The quantitative estimate of drug-likeness (QED) is 0.234. The summed E-state index contributed by atoms with van der Waals surface area (Å²) < 4.78 is 12.6. The van der Waals surface area contributed by atoms with Crippen molar-refractivity contribution in [2.45, 2.75) is 38.6 Å². The van der Waals surface area contributed by atoms with E-state index in [1.807, 2.05) is 35.8 Å². The van der Waals surface area contributed by atoms with Gasteiger partial charge in [-0.1, -0.05) is 35.5 Å². The van der Waals surface area contributed by atoms with E-state index in [1.165, 1.54) is 23.1 Å². The van der Waals surface area contributed by atoms with Crippen molar-refractivity contribution < 1.29 is 19.1 Å². The molecule has 0 saturated heterocycles. The number of nitrogens with one attached hydrogen (secondary N) is 1. The number of benzene rings is 1. The Kier molecular flexibility index (Phi) is 9.02. The molecule has 0 radical (unpaired) electrons. The number of thiazole rings is 1. The summed E-state index contributed by atoms with van der Waals surface area (Å²) in [6.07, 6.45) is 1.82. The van der Waals surface area contributed by atoms with Crippen LogP contribution in [0.3, 0.4) is 0 Å². The molecule has 9 nitrogen and oxygen atoms in total. The van der Waals surface area contributed by atoms with Crippen LogP contribution >= 0.6 is 23.1 Å². The SMILES string of the molecule is C=CCn1c(COc2ccc(C)cc2)nnc1SCC(=O)Nc1nc(CC(=O)OCC)cs1. The Morgan fingerprint density at radius 1 is 1.27 bits per heavy atom. The molecule has 2 aromatic heterocycles. The fourth-order valence-corrected chi connectivity index (χ4v) is 4.21. The van der Waals surface area contributed by atoms with Crippen LogP contribution in [0.5, 0.6) is 5.75 Å². The smallest absolute Gasteiger partial charge is 0.311 e. The number of hydrogen-bond donors (Lipinski definition) is 1. The lowest BCUT2D eigenvalue weighted by molar-refractivity contribution is -0.142. The molecule has 0 aliphatic rings. The third kappa shape index (κ3) is 7.43. The van der Waals surface area contributed by atoms with Gasteiger partial charge in [-0.2, -0.15) is 0 Å². The first-order chi connectivity index (χ1) is 16.0. The predicted molar refractivity (Wildman–Crippen MR) is 128 cm³/mol. The molecule has 1 amide bonds. The summed E-state index contributed by atoms with van der Waals surface area (Å²) in [5, 5.41) is 13.9. The molecule has 0 spiro atoms. The third-order valence-electron chi connectivity index (χ3n) is 4.26. The number of aryl methyl sites for hydroxylation is 1. The van der Waals surface area contributed by atoms with Crippen LogP contribution in [0, 0.1) is 6.92 Å². The summed E-state index contributed by atoms with van der Waals surface area (Å²) in [7, 11) is 0. The zero-order chi connectivity index (χ0) is 23.6. The van der Waals surface area contributed by atoms with Gasteiger partial charge in [-0.05, 0) is 26.0 Å². The maximum absolute atomic E-state index is 12.4. The van der Waals surface area contributed by atoms with E-state index in [2.05, 4.69) is 27.1 Å². The zero-order valence-electron chi connectivity index (χ0n) is 18.4. The minimum absolute atomic E-state index is 0.0764. The molecule has 0 aliphatic heterocycles. The van der Waals surface area contributed by atoms with Crippen LogP contribution in [0.2, 0.25) is 0 Å². The van der Waals surface area contributed by atoms with E-state index in [9.17, 15) is 9.59 Å². The highest BCUT2D eigenvalue weighted by molar-refractivity contribution is 7.99. The highest BCUT2D eigenvalue weighted by Gasteiger charge is 2.15. The summed E-state index contributed by atoms with van der Waals surface area (Å²) in [4.78, 5) is 28.2. The number of amides is 1. The van der Waals surface area contributed by atoms with Crippen LogP contribution in [0.15, 0.2) is 47.5 Å². The van der Waals surface area contributed by atoms with Gasteiger partial charge in [0, 0.05) is 11.9 Å². The molecule has 2 heterocycles. The number of nitrogens with zero attached hydrogens (tertiary/aromatic N) is 4. The number of aromatic nitrogens is 4. The lowest BCUT2D eigenvalue weighted by Gasteiger charge is -2.09. The second kappa shape index (κ2) is 12.2. The van der Waals surface area contributed by atoms with Gasteiger partial charge in [-0.3, -0.25) is 14.2 Å². The largest absolute Gasteiger partial charge is 0.486 e. The van der Waals surface area contributed by atoms with Crippen molar-refractivity contribution in [2.24, 2.45) is 0 Å². The first-order valence-corrected chi connectivity index (χ1v) is 12.1. The Morgan fingerprint density at radius 2 is 2.06 bits per heavy atom. The number of carbonyl (C=O) groups is 2. The molecule has 11 heteroatoms. The van der Waals surface area contributed by atoms with E-state index in [-0.39, 0.29) is 30.7 Å². The number of allylic oxidation sites excluding steroid dienone is 1. The summed E-state index contributed by atoms with van der Waals surface area (Å²) in [6, 6.07) is 7.76. The number of carbonyl (C=O) groups excluding carboxylic acids is 2. The van der Waals surface area contributed by atoms with Crippen molar-refractivity contribution >= 4 is 40.1 Å². The summed E-state index contributed by atoms with van der Waals surface area (Å²) in [6.45, 7) is 8.61. The number of anilines is 1. The van der Waals surface area contributed by atoms with E-state index in [4.69, 9.17) is 9.47 Å². The van der Waals surface area contributed by atoms with Crippen LogP contribution in [-0.4, -0.2) is 44.0 Å². The molecule has 0 saturated carbocycles. The van der Waals surface area contributed by atoms with E-state index in [0.717, 1.165) is 11.3 Å². The molecule has 33 heavy (non-hydrogen) atoms. The van der Waals surface area contributed by atoms with E-state index in [0.29, 0.717) is 35.0 Å². The maximum Gasteiger partial charge on any atom is 0.311 e. The standard InChI is InChI=1S/C22H25N5O4S2/c1-4-10-27-18(12-31-17-8-6-15(3)7-9-17)25-26-22(27)33-14-19(28)24-21-23-16(13-32-21)11-20(29)30-5-2/h4,6-9,13H,1,5,10-12,14H2,2-3H3,(H,23,24,28). The lowest BCUT2D eigenvalue weighted by atomic mass is 10.2. The molecule has 0 atom stereocenters. The first kappa shape index (κ1) is 24.5. The van der Waals surface area contributed by atoms with Crippen LogP contribution in [-0.2, 0) is 33.9 Å². The van der Waals surface area contributed by atoms with Gasteiger partial charge in [-0.25, -0.2) is 4.98 Å². The Morgan fingerprint density at radius 3 is 2.79 bits per heavy atom. The van der Waals surface area contributed by atoms with Gasteiger partial charge in [0.25, 0.3) is 0 Å². The Balaban J connectivity index is 1.54. The van der Waals surface area contributed by atoms with Gasteiger partial charge < -0.3 is 14.8 Å². The van der Waals surface area contributed by atoms with Gasteiger partial charge >= 0.3 is 5.97 Å². The topological polar surface area (TPSA) is 108 Å². The maximum atomic E-state index is 12.4. The van der Waals surface area contributed by atoms with Gasteiger partial charge in [0.05, 0.1) is 24.5 Å². The monoisotopic (exact) mass is 487 g/mol. The Labute approximate surface area is 200 Å². The van der Waals surface area contributed by atoms with Crippen molar-refractivity contribution in [1.29, 1.82) is 0 Å². The minimum Gasteiger partial charge on any atom is -0.486 e. The summed E-state index contributed by atoms with van der Waals surface area (Å²) in [5.74, 6) is 0.929. The van der Waals surface area contributed by atoms with Crippen molar-refractivity contribution in [1.82, 2.24) is 19.7 Å². The second-order valence-corrected chi connectivity index (χ2v) is 8.66. The molecular formula is C22H25N5O4S2. The van der Waals surface area contributed by atoms with Crippen molar-refractivity contribution in [2.75, 3.05) is 17.7 Å². The fraction of sp³-hybridized carbons (Fsp3) is 0.318. The molecule has 3 aromatic rings. The van der Waals surface area contributed by atoms with Gasteiger partial charge in [0.2, 0.25) is 5.91 Å². The number of ether oxygens (including phenoxy) is 2. The first-order valence-electron chi connectivity index (χ1n) is 10.2. The van der Waals surface area contributed by atoms with E-state index < -0.39 is 0 Å². The van der Waals surface area contributed by atoms with Crippen LogP contribution in [0.4, 0.5) is 5.13 Å². The number of rotatable bonds is 12. The van der Waals surface area contributed by atoms with Crippen molar-refractivity contribution in [3.05, 3.63) is 59.4 Å². The molecule has 1 N–H and O–H groups in total.